The Morgan fingerprint density at radius 3 is 2.67 bits per heavy atom. The summed E-state index contributed by atoms with van der Waals surface area (Å²) in [5, 5.41) is 14.2. The Labute approximate surface area is 72.9 Å². The molecule has 0 aliphatic rings. The average molecular weight is 169 g/mol. The molecule has 0 radical (unpaired) electrons. The third-order valence-electron chi connectivity index (χ3n) is 1.45. The van der Waals surface area contributed by atoms with Crippen LogP contribution in [-0.4, -0.2) is 25.0 Å². The summed E-state index contributed by atoms with van der Waals surface area (Å²) in [7, 11) is 0. The van der Waals surface area contributed by atoms with Crippen molar-refractivity contribution in [3.63, 3.8) is 0 Å². The summed E-state index contributed by atoms with van der Waals surface area (Å²) in [6.07, 6.45) is 0.788. The second-order valence-electron chi connectivity index (χ2n) is 2.53. The van der Waals surface area contributed by atoms with Gasteiger partial charge < -0.3 is 10.6 Å². The maximum absolute atomic E-state index is 10.4. The van der Waals surface area contributed by atoms with E-state index < -0.39 is 0 Å². The van der Waals surface area contributed by atoms with Crippen molar-refractivity contribution in [3.8, 4) is 6.07 Å². The fourth-order valence-corrected chi connectivity index (χ4v) is 0.766. The van der Waals surface area contributed by atoms with E-state index in [1.807, 2.05) is 6.92 Å². The molecule has 1 atom stereocenters. The van der Waals surface area contributed by atoms with Gasteiger partial charge in [-0.25, -0.2) is 0 Å². The van der Waals surface area contributed by atoms with Crippen LogP contribution in [0.15, 0.2) is 0 Å². The molecule has 4 heteroatoms. The van der Waals surface area contributed by atoms with E-state index in [1.165, 1.54) is 6.92 Å². The first-order valence-corrected chi connectivity index (χ1v) is 4.08. The first kappa shape index (κ1) is 10.9. The van der Waals surface area contributed by atoms with Crippen LogP contribution in [0.2, 0.25) is 0 Å². The van der Waals surface area contributed by atoms with E-state index in [2.05, 4.69) is 16.7 Å². The number of hydrogen-bond donors (Lipinski definition) is 2. The molecule has 0 aromatic heterocycles. The normalized spacial score (nSPS) is 11.8. The van der Waals surface area contributed by atoms with Crippen LogP contribution in [0.25, 0.3) is 0 Å². The molecule has 0 bridgehead atoms. The molecule has 68 valence electrons. The molecule has 0 aliphatic carbocycles. The zero-order chi connectivity index (χ0) is 9.40. The van der Waals surface area contributed by atoms with Gasteiger partial charge in [-0.3, -0.25) is 4.79 Å². The van der Waals surface area contributed by atoms with Gasteiger partial charge in [-0.2, -0.15) is 5.26 Å². The van der Waals surface area contributed by atoms with Gasteiger partial charge in [0.2, 0.25) is 5.91 Å². The lowest BCUT2D eigenvalue weighted by molar-refractivity contribution is -0.118. The molecule has 0 aromatic carbocycles. The Morgan fingerprint density at radius 1 is 1.58 bits per heavy atom. The van der Waals surface area contributed by atoms with Crippen molar-refractivity contribution in [2.45, 2.75) is 26.3 Å². The molecule has 0 spiro atoms. The number of amides is 1. The first-order chi connectivity index (χ1) is 5.70. The number of hydrogen-bond acceptors (Lipinski definition) is 3. The summed E-state index contributed by atoms with van der Waals surface area (Å²) in [6.45, 7) is 4.64. The van der Waals surface area contributed by atoms with E-state index in [0.717, 1.165) is 6.42 Å². The van der Waals surface area contributed by atoms with E-state index in [9.17, 15) is 4.79 Å². The van der Waals surface area contributed by atoms with Crippen molar-refractivity contribution >= 4 is 5.91 Å². The lowest BCUT2D eigenvalue weighted by atomic mass is 10.2. The summed E-state index contributed by atoms with van der Waals surface area (Å²) < 4.78 is 0. The molecule has 0 fully saturated rings. The topological polar surface area (TPSA) is 64.9 Å². The maximum Gasteiger partial charge on any atom is 0.216 e. The van der Waals surface area contributed by atoms with E-state index in [-0.39, 0.29) is 11.9 Å². The Kier molecular flexibility index (Phi) is 6.02. The van der Waals surface area contributed by atoms with Crippen LogP contribution in [0.4, 0.5) is 0 Å². The monoisotopic (exact) mass is 169 g/mol. The number of carbonyl (C=O) groups is 1. The largest absolute Gasteiger partial charge is 0.355 e. The quantitative estimate of drug-likeness (QED) is 0.570. The van der Waals surface area contributed by atoms with Gasteiger partial charge in [0.05, 0.1) is 12.1 Å². The molecule has 12 heavy (non-hydrogen) atoms. The van der Waals surface area contributed by atoms with Crippen LogP contribution in [0.5, 0.6) is 0 Å². The second kappa shape index (κ2) is 6.62. The zero-order valence-electron chi connectivity index (χ0n) is 7.55. The number of rotatable bonds is 5. The minimum absolute atomic E-state index is 0.0400. The highest BCUT2D eigenvalue weighted by Crippen LogP contribution is 1.85. The average Bonchev–Trinajstić information content (AvgIpc) is 2.04. The molecule has 2 N–H and O–H groups in total. The van der Waals surface area contributed by atoms with Crippen molar-refractivity contribution in [1.82, 2.24) is 10.6 Å². The van der Waals surface area contributed by atoms with Gasteiger partial charge >= 0.3 is 0 Å². The van der Waals surface area contributed by atoms with Crippen LogP contribution >= 0.6 is 0 Å². The van der Waals surface area contributed by atoms with Crippen LogP contribution in [0.1, 0.15) is 20.3 Å². The van der Waals surface area contributed by atoms with Crippen LogP contribution < -0.4 is 10.6 Å². The van der Waals surface area contributed by atoms with Crippen molar-refractivity contribution < 1.29 is 4.79 Å². The van der Waals surface area contributed by atoms with E-state index in [4.69, 9.17) is 5.26 Å². The Hall–Kier alpha value is -1.08. The predicted octanol–water partition coefficient (Wildman–Crippen LogP) is 0.0143. The Bertz CT molecular complexity index is 174. The molecule has 0 aliphatic heterocycles. The van der Waals surface area contributed by atoms with Crippen molar-refractivity contribution in [2.24, 2.45) is 0 Å². The van der Waals surface area contributed by atoms with Crippen LogP contribution in [0, 0.1) is 11.3 Å². The highest BCUT2D eigenvalue weighted by Gasteiger charge is 2.00. The smallest absolute Gasteiger partial charge is 0.216 e. The van der Waals surface area contributed by atoms with Crippen molar-refractivity contribution in [2.75, 3.05) is 13.1 Å². The summed E-state index contributed by atoms with van der Waals surface area (Å²) in [5.74, 6) is -0.0400. The number of nitriles is 1. The Morgan fingerprint density at radius 2 is 2.25 bits per heavy atom. The summed E-state index contributed by atoms with van der Waals surface area (Å²) in [4.78, 5) is 10.4. The number of nitrogens with one attached hydrogen (secondary N) is 2. The Balaban J connectivity index is 3.31. The van der Waals surface area contributed by atoms with Gasteiger partial charge in [-0.1, -0.05) is 6.92 Å². The maximum atomic E-state index is 10.4. The van der Waals surface area contributed by atoms with Gasteiger partial charge in [-0.05, 0) is 6.42 Å². The third kappa shape index (κ3) is 5.69. The molecular formula is C8H15N3O. The molecular weight excluding hydrogens is 154 g/mol. The van der Waals surface area contributed by atoms with E-state index >= 15 is 0 Å². The van der Waals surface area contributed by atoms with Gasteiger partial charge in [-0.15, -0.1) is 0 Å². The highest BCUT2D eigenvalue weighted by molar-refractivity contribution is 5.72. The van der Waals surface area contributed by atoms with Gasteiger partial charge in [0.1, 0.15) is 0 Å². The summed E-state index contributed by atoms with van der Waals surface area (Å²) in [6, 6.07) is 2.02. The molecule has 1 amide bonds. The lowest BCUT2D eigenvalue weighted by Crippen LogP contribution is -2.35. The van der Waals surface area contributed by atoms with Gasteiger partial charge in [0, 0.05) is 20.0 Å². The highest BCUT2D eigenvalue weighted by atomic mass is 16.1. The van der Waals surface area contributed by atoms with Crippen LogP contribution in [0.3, 0.4) is 0 Å². The second-order valence-corrected chi connectivity index (χ2v) is 2.53. The molecule has 0 heterocycles. The predicted molar refractivity (Wildman–Crippen MR) is 46.4 cm³/mol. The fourth-order valence-electron chi connectivity index (χ4n) is 0.766. The van der Waals surface area contributed by atoms with E-state index in [0.29, 0.717) is 13.1 Å². The minimum Gasteiger partial charge on any atom is -0.355 e. The van der Waals surface area contributed by atoms with Gasteiger partial charge in [0.15, 0.2) is 0 Å². The lowest BCUT2D eigenvalue weighted by Gasteiger charge is -2.08. The minimum atomic E-state index is -0.0984. The standard InChI is InChI=1S/C8H15N3O/c1-3-8(6-9)11-5-4-10-7(2)12/h8,11H,3-5H2,1-2H3,(H,10,12). The first-order valence-electron chi connectivity index (χ1n) is 4.08. The molecule has 1 unspecified atom stereocenters. The fraction of sp³-hybridized carbons (Fsp3) is 0.750. The van der Waals surface area contributed by atoms with E-state index in [1.54, 1.807) is 0 Å². The summed E-state index contributed by atoms with van der Waals surface area (Å²) in [5.41, 5.74) is 0. The van der Waals surface area contributed by atoms with Crippen molar-refractivity contribution in [3.05, 3.63) is 0 Å². The third-order valence-corrected chi connectivity index (χ3v) is 1.45. The molecule has 0 saturated heterocycles. The molecule has 0 saturated carbocycles. The van der Waals surface area contributed by atoms with Gasteiger partial charge in [0.25, 0.3) is 0 Å². The van der Waals surface area contributed by atoms with Crippen molar-refractivity contribution in [1.29, 1.82) is 5.26 Å². The molecule has 4 nitrogen and oxygen atoms in total. The molecule has 0 aromatic rings. The number of nitrogens with zero attached hydrogens (tertiary/aromatic N) is 1. The zero-order valence-corrected chi connectivity index (χ0v) is 7.55. The van der Waals surface area contributed by atoms with Crippen LogP contribution in [-0.2, 0) is 4.79 Å². The number of carbonyl (C=O) groups excluding carboxylic acids is 1. The SMILES string of the molecule is CCC(C#N)NCCNC(C)=O. The summed E-state index contributed by atoms with van der Waals surface area (Å²) >= 11 is 0. The molecule has 0 rings (SSSR count).